The number of aromatic nitrogens is 2. The average Bonchev–Trinajstić information content (AvgIpc) is 2.94. The van der Waals surface area contributed by atoms with Gasteiger partial charge in [0.05, 0.1) is 11.7 Å². The van der Waals surface area contributed by atoms with E-state index in [-0.39, 0.29) is 5.91 Å². The largest absolute Gasteiger partial charge is 0.339 e. The highest BCUT2D eigenvalue weighted by molar-refractivity contribution is 5.97. The molecule has 0 atom stereocenters. The number of H-pyrrole nitrogens is 1. The number of fused-ring (bicyclic) bond motifs is 1. The summed E-state index contributed by atoms with van der Waals surface area (Å²) in [5.41, 5.74) is 1.66. The van der Waals surface area contributed by atoms with Crippen molar-refractivity contribution in [2.45, 2.75) is 38.6 Å². The topological polar surface area (TPSA) is 49.0 Å². The highest BCUT2D eigenvalue weighted by Gasteiger charge is 2.25. The minimum atomic E-state index is 0.112. The zero-order valence-corrected chi connectivity index (χ0v) is 12.1. The Labute approximate surface area is 119 Å². The first kappa shape index (κ1) is 13.2. The zero-order chi connectivity index (χ0) is 14.1. The van der Waals surface area contributed by atoms with Crippen molar-refractivity contribution in [2.75, 3.05) is 7.05 Å². The van der Waals surface area contributed by atoms with Crippen LogP contribution in [0.25, 0.3) is 10.9 Å². The molecule has 1 aliphatic carbocycles. The second-order valence-corrected chi connectivity index (χ2v) is 6.00. The molecule has 20 heavy (non-hydrogen) atoms. The van der Waals surface area contributed by atoms with Gasteiger partial charge in [-0.3, -0.25) is 9.89 Å². The quantitative estimate of drug-likeness (QED) is 0.911. The maximum Gasteiger partial charge on any atom is 0.253 e. The van der Waals surface area contributed by atoms with Gasteiger partial charge in [-0.15, -0.1) is 0 Å². The second kappa shape index (κ2) is 5.27. The van der Waals surface area contributed by atoms with Crippen molar-refractivity contribution < 1.29 is 4.79 Å². The van der Waals surface area contributed by atoms with E-state index in [9.17, 15) is 4.79 Å². The van der Waals surface area contributed by atoms with Gasteiger partial charge in [-0.2, -0.15) is 5.10 Å². The predicted octanol–water partition coefficient (Wildman–Crippen LogP) is 3.21. The molecule has 1 aromatic carbocycles. The minimum absolute atomic E-state index is 0.112. The summed E-state index contributed by atoms with van der Waals surface area (Å²) in [6, 6.07) is 6.12. The number of hydrogen-bond acceptors (Lipinski definition) is 2. The molecule has 0 unspecified atom stereocenters. The number of benzene rings is 1. The third-order valence-corrected chi connectivity index (χ3v) is 4.54. The van der Waals surface area contributed by atoms with Gasteiger partial charge in [0.2, 0.25) is 0 Å². The van der Waals surface area contributed by atoms with E-state index in [0.717, 1.165) is 35.2 Å². The van der Waals surface area contributed by atoms with E-state index in [2.05, 4.69) is 17.1 Å². The van der Waals surface area contributed by atoms with Gasteiger partial charge >= 0.3 is 0 Å². The zero-order valence-electron chi connectivity index (χ0n) is 12.1. The number of aromatic amines is 1. The molecular weight excluding hydrogens is 250 g/mol. The lowest BCUT2D eigenvalue weighted by Crippen LogP contribution is -2.39. The summed E-state index contributed by atoms with van der Waals surface area (Å²) in [4.78, 5) is 14.5. The van der Waals surface area contributed by atoms with Gasteiger partial charge in [-0.1, -0.05) is 13.0 Å². The molecule has 0 aliphatic heterocycles. The van der Waals surface area contributed by atoms with E-state index in [0.29, 0.717) is 6.04 Å². The lowest BCUT2D eigenvalue weighted by molar-refractivity contribution is 0.0679. The summed E-state index contributed by atoms with van der Waals surface area (Å²) >= 11 is 0. The van der Waals surface area contributed by atoms with E-state index in [1.54, 1.807) is 6.20 Å². The fourth-order valence-corrected chi connectivity index (χ4v) is 3.07. The third kappa shape index (κ3) is 2.42. The molecule has 0 radical (unpaired) electrons. The van der Waals surface area contributed by atoms with Gasteiger partial charge in [-0.05, 0) is 43.7 Å². The van der Waals surface area contributed by atoms with Crippen molar-refractivity contribution in [3.8, 4) is 0 Å². The van der Waals surface area contributed by atoms with Gasteiger partial charge in [0, 0.05) is 24.0 Å². The number of nitrogens with one attached hydrogen (secondary N) is 1. The average molecular weight is 271 g/mol. The lowest BCUT2D eigenvalue weighted by atomic mass is 9.86. The molecule has 0 saturated heterocycles. The highest BCUT2D eigenvalue weighted by Crippen LogP contribution is 2.27. The molecule has 4 heteroatoms. The van der Waals surface area contributed by atoms with Gasteiger partial charge in [0.15, 0.2) is 0 Å². The first-order chi connectivity index (χ1) is 9.65. The Bertz CT molecular complexity index is 611. The Hall–Kier alpha value is -1.84. The summed E-state index contributed by atoms with van der Waals surface area (Å²) in [6.07, 6.45) is 6.46. The highest BCUT2D eigenvalue weighted by atomic mass is 16.2. The summed E-state index contributed by atoms with van der Waals surface area (Å²) in [5, 5.41) is 7.95. The van der Waals surface area contributed by atoms with Gasteiger partial charge in [0.25, 0.3) is 5.91 Å². The molecule has 1 heterocycles. The fraction of sp³-hybridized carbons (Fsp3) is 0.500. The molecule has 1 aromatic heterocycles. The number of nitrogens with zero attached hydrogens (tertiary/aromatic N) is 2. The monoisotopic (exact) mass is 271 g/mol. The molecule has 1 amide bonds. The number of carbonyl (C=O) groups excluding carboxylic acids is 1. The van der Waals surface area contributed by atoms with Crippen LogP contribution in [-0.4, -0.2) is 34.1 Å². The second-order valence-electron chi connectivity index (χ2n) is 6.00. The van der Waals surface area contributed by atoms with Crippen molar-refractivity contribution >= 4 is 16.8 Å². The van der Waals surface area contributed by atoms with Crippen LogP contribution in [0.5, 0.6) is 0 Å². The Morgan fingerprint density at radius 3 is 2.80 bits per heavy atom. The normalized spacial score (nSPS) is 22.9. The van der Waals surface area contributed by atoms with Gasteiger partial charge in [-0.25, -0.2) is 0 Å². The number of hydrogen-bond donors (Lipinski definition) is 1. The van der Waals surface area contributed by atoms with Crippen molar-refractivity contribution in [1.82, 2.24) is 15.1 Å². The van der Waals surface area contributed by atoms with E-state index in [4.69, 9.17) is 0 Å². The SMILES string of the molecule is CC1CCC(N(C)C(=O)c2ccc3cn[nH]c3c2)CC1. The third-order valence-electron chi connectivity index (χ3n) is 4.54. The van der Waals surface area contributed by atoms with Crippen LogP contribution in [0.1, 0.15) is 43.0 Å². The molecule has 3 rings (SSSR count). The van der Waals surface area contributed by atoms with Crippen molar-refractivity contribution in [3.05, 3.63) is 30.0 Å². The fourth-order valence-electron chi connectivity index (χ4n) is 3.07. The van der Waals surface area contributed by atoms with Gasteiger partial charge in [0.1, 0.15) is 0 Å². The van der Waals surface area contributed by atoms with E-state index < -0.39 is 0 Å². The first-order valence-corrected chi connectivity index (χ1v) is 7.35. The predicted molar refractivity (Wildman–Crippen MR) is 79.6 cm³/mol. The van der Waals surface area contributed by atoms with Crippen LogP contribution < -0.4 is 0 Å². The van der Waals surface area contributed by atoms with E-state index in [1.807, 2.05) is 30.1 Å². The smallest absolute Gasteiger partial charge is 0.253 e. The van der Waals surface area contributed by atoms with Crippen LogP contribution in [-0.2, 0) is 0 Å². The Kier molecular flexibility index (Phi) is 3.47. The Morgan fingerprint density at radius 1 is 1.30 bits per heavy atom. The molecule has 0 bridgehead atoms. The molecule has 2 aromatic rings. The van der Waals surface area contributed by atoms with Crippen molar-refractivity contribution in [2.24, 2.45) is 5.92 Å². The molecule has 1 N–H and O–H groups in total. The van der Waals surface area contributed by atoms with Crippen LogP contribution in [0.2, 0.25) is 0 Å². The molecule has 106 valence electrons. The van der Waals surface area contributed by atoms with Crippen LogP contribution in [0.15, 0.2) is 24.4 Å². The lowest BCUT2D eigenvalue weighted by Gasteiger charge is -2.33. The molecule has 4 nitrogen and oxygen atoms in total. The van der Waals surface area contributed by atoms with Gasteiger partial charge < -0.3 is 4.90 Å². The van der Waals surface area contributed by atoms with Crippen molar-refractivity contribution in [1.29, 1.82) is 0 Å². The van der Waals surface area contributed by atoms with Crippen LogP contribution in [0, 0.1) is 5.92 Å². The van der Waals surface area contributed by atoms with E-state index >= 15 is 0 Å². The maximum absolute atomic E-state index is 12.6. The molecule has 0 spiro atoms. The van der Waals surface area contributed by atoms with Crippen LogP contribution in [0.4, 0.5) is 0 Å². The maximum atomic E-state index is 12.6. The minimum Gasteiger partial charge on any atom is -0.339 e. The summed E-state index contributed by atoms with van der Waals surface area (Å²) in [5.74, 6) is 0.914. The standard InChI is InChI=1S/C16H21N3O/c1-11-3-7-14(8-4-11)19(2)16(20)12-5-6-13-10-17-18-15(13)9-12/h5-6,9-11,14H,3-4,7-8H2,1-2H3,(H,17,18). The Morgan fingerprint density at radius 2 is 2.05 bits per heavy atom. The molecule has 1 aliphatic rings. The molecule has 1 fully saturated rings. The number of rotatable bonds is 2. The van der Waals surface area contributed by atoms with Crippen LogP contribution in [0.3, 0.4) is 0 Å². The molecule has 1 saturated carbocycles. The summed E-state index contributed by atoms with van der Waals surface area (Å²) < 4.78 is 0. The van der Waals surface area contributed by atoms with Crippen LogP contribution >= 0.6 is 0 Å². The first-order valence-electron chi connectivity index (χ1n) is 7.35. The van der Waals surface area contributed by atoms with Crippen molar-refractivity contribution in [3.63, 3.8) is 0 Å². The summed E-state index contributed by atoms with van der Waals surface area (Å²) in [6.45, 7) is 2.30. The Balaban J connectivity index is 1.77. The number of carbonyl (C=O) groups is 1. The van der Waals surface area contributed by atoms with E-state index in [1.165, 1.54) is 12.8 Å². The molecular formula is C16H21N3O. The number of amides is 1. The summed E-state index contributed by atoms with van der Waals surface area (Å²) in [7, 11) is 1.93.